The van der Waals surface area contributed by atoms with Crippen LogP contribution in [0.4, 0.5) is 0 Å². The average Bonchev–Trinajstić information content (AvgIpc) is 1.68. The molecule has 0 spiro atoms. The Morgan fingerprint density at radius 2 is 2.43 bits per heavy atom. The Bertz CT molecular complexity index is 147. The lowest BCUT2D eigenvalue weighted by molar-refractivity contribution is 0.564. The van der Waals surface area contributed by atoms with Crippen molar-refractivity contribution in [2.24, 2.45) is 4.99 Å². The summed E-state index contributed by atoms with van der Waals surface area (Å²) in [5.41, 5.74) is 2.87. The second-order valence-corrected chi connectivity index (χ2v) is 0.965. The second-order valence-electron chi connectivity index (χ2n) is 0.965. The number of carbonyl (C=O) groups excluding carboxylic acids is 1. The van der Waals surface area contributed by atoms with Crippen molar-refractivity contribution in [3.63, 3.8) is 0 Å². The molecular formula is C5H5NO. The Kier molecular flexibility index (Phi) is 2.62. The highest BCUT2D eigenvalue weighted by Crippen LogP contribution is 1.84. The Morgan fingerprint density at radius 3 is 2.57 bits per heavy atom. The molecule has 0 aliphatic heterocycles. The molecule has 0 fully saturated rings. The molecule has 0 aromatic carbocycles. The minimum atomic E-state index is 0.468. The number of hydrogen-bond acceptors (Lipinski definition) is 2. The van der Waals surface area contributed by atoms with Gasteiger partial charge in [-0.1, -0.05) is 6.58 Å². The molecule has 0 heterocycles. The summed E-state index contributed by atoms with van der Waals surface area (Å²) in [6.07, 6.45) is 1.35. The van der Waals surface area contributed by atoms with Gasteiger partial charge in [-0.15, -0.1) is 5.73 Å². The molecule has 0 N–H and O–H groups in total. The molecule has 0 saturated heterocycles. The van der Waals surface area contributed by atoms with Crippen molar-refractivity contribution < 1.29 is 4.79 Å². The van der Waals surface area contributed by atoms with Crippen LogP contribution >= 0.6 is 0 Å². The zero-order valence-electron chi connectivity index (χ0n) is 4.06. The summed E-state index contributed by atoms with van der Waals surface area (Å²) in [6, 6.07) is 0. The maximum absolute atomic E-state index is 9.39. The highest BCUT2D eigenvalue weighted by Gasteiger charge is 1.70. The van der Waals surface area contributed by atoms with Gasteiger partial charge in [-0.2, -0.15) is 4.99 Å². The number of nitrogens with zero attached hydrogens (tertiary/aromatic N) is 1. The van der Waals surface area contributed by atoms with Gasteiger partial charge in [0.15, 0.2) is 0 Å². The minimum absolute atomic E-state index is 0.468. The van der Waals surface area contributed by atoms with Crippen LogP contribution in [0.25, 0.3) is 0 Å². The van der Waals surface area contributed by atoms with Gasteiger partial charge < -0.3 is 0 Å². The van der Waals surface area contributed by atoms with E-state index in [0.29, 0.717) is 5.70 Å². The van der Waals surface area contributed by atoms with Crippen LogP contribution in [0.15, 0.2) is 23.0 Å². The molecule has 36 valence electrons. The van der Waals surface area contributed by atoms with Gasteiger partial charge in [0.05, 0.1) is 5.70 Å². The van der Waals surface area contributed by atoms with E-state index in [-0.39, 0.29) is 0 Å². The molecule has 7 heavy (non-hydrogen) atoms. The number of isocyanates is 1. The monoisotopic (exact) mass is 95.0 g/mol. The van der Waals surface area contributed by atoms with Crippen LogP contribution in [0, 0.1) is 0 Å². The van der Waals surface area contributed by atoms with Gasteiger partial charge in [-0.05, 0) is 6.92 Å². The third-order valence-electron chi connectivity index (χ3n) is 0.469. The zero-order valence-corrected chi connectivity index (χ0v) is 4.06. The molecule has 2 heteroatoms. The summed E-state index contributed by atoms with van der Waals surface area (Å²) < 4.78 is 0. The lowest BCUT2D eigenvalue weighted by atomic mass is 10.6. The number of aliphatic imine (C=N–C) groups is 1. The Hall–Kier alpha value is -1.10. The van der Waals surface area contributed by atoms with Crippen LogP contribution in [0.2, 0.25) is 0 Å². The third kappa shape index (κ3) is 2.71. The van der Waals surface area contributed by atoms with E-state index < -0.39 is 0 Å². The van der Waals surface area contributed by atoms with E-state index in [0.717, 1.165) is 0 Å². The lowest BCUT2D eigenvalue weighted by Gasteiger charge is -1.70. The highest BCUT2D eigenvalue weighted by atomic mass is 16.1. The number of allylic oxidation sites excluding steroid dienone is 1. The average molecular weight is 95.1 g/mol. The quantitative estimate of drug-likeness (QED) is 0.271. The van der Waals surface area contributed by atoms with Crippen molar-refractivity contribution in [2.45, 2.75) is 6.92 Å². The summed E-state index contributed by atoms with van der Waals surface area (Å²) in [7, 11) is 0. The summed E-state index contributed by atoms with van der Waals surface area (Å²) >= 11 is 0. The van der Waals surface area contributed by atoms with Gasteiger partial charge in [-0.25, -0.2) is 4.79 Å². The predicted molar refractivity (Wildman–Crippen MR) is 26.4 cm³/mol. The van der Waals surface area contributed by atoms with E-state index in [2.05, 4.69) is 17.3 Å². The molecule has 0 bridgehead atoms. The fraction of sp³-hybridized carbons (Fsp3) is 0.200. The van der Waals surface area contributed by atoms with Gasteiger partial charge in [0.25, 0.3) is 0 Å². The molecule has 0 aliphatic carbocycles. The molecule has 0 aliphatic rings. The largest absolute Gasteiger partial charge is 0.240 e. The molecule has 0 unspecified atom stereocenters. The van der Waals surface area contributed by atoms with E-state index >= 15 is 0 Å². The van der Waals surface area contributed by atoms with E-state index in [1.54, 1.807) is 6.92 Å². The van der Waals surface area contributed by atoms with Crippen molar-refractivity contribution in [3.05, 3.63) is 18.0 Å². The lowest BCUT2D eigenvalue weighted by Crippen LogP contribution is -1.58. The summed E-state index contributed by atoms with van der Waals surface area (Å²) in [6.45, 7) is 4.87. The molecule has 0 radical (unpaired) electrons. The van der Waals surface area contributed by atoms with Crippen molar-refractivity contribution in [1.82, 2.24) is 0 Å². The van der Waals surface area contributed by atoms with Crippen molar-refractivity contribution >= 4 is 6.08 Å². The Morgan fingerprint density at radius 1 is 1.86 bits per heavy atom. The topological polar surface area (TPSA) is 29.4 Å². The van der Waals surface area contributed by atoms with E-state index in [9.17, 15) is 4.79 Å². The van der Waals surface area contributed by atoms with E-state index in [1.807, 2.05) is 0 Å². The van der Waals surface area contributed by atoms with Gasteiger partial charge in [0.1, 0.15) is 0 Å². The zero-order chi connectivity index (χ0) is 5.70. The summed E-state index contributed by atoms with van der Waals surface area (Å²) in [4.78, 5) is 12.6. The van der Waals surface area contributed by atoms with Crippen molar-refractivity contribution in [1.29, 1.82) is 0 Å². The summed E-state index contributed by atoms with van der Waals surface area (Å²) in [5.74, 6) is 0. The van der Waals surface area contributed by atoms with Crippen LogP contribution in [0.1, 0.15) is 6.92 Å². The molecule has 2 nitrogen and oxygen atoms in total. The molecule has 0 rings (SSSR count). The molecule has 0 atom stereocenters. The Labute approximate surface area is 41.9 Å². The van der Waals surface area contributed by atoms with Gasteiger partial charge in [-0.3, -0.25) is 0 Å². The smallest absolute Gasteiger partial charge is 0.211 e. The van der Waals surface area contributed by atoms with E-state index in [1.165, 1.54) is 6.08 Å². The molecule has 0 aromatic rings. The molecule has 0 amide bonds. The summed E-state index contributed by atoms with van der Waals surface area (Å²) in [5, 5.41) is 0. The predicted octanol–water partition coefficient (Wildman–Crippen LogP) is 1.01. The van der Waals surface area contributed by atoms with Crippen LogP contribution in [0.5, 0.6) is 0 Å². The second kappa shape index (κ2) is 3.10. The Balaban J connectivity index is 4.10. The van der Waals surface area contributed by atoms with Crippen LogP contribution < -0.4 is 0 Å². The van der Waals surface area contributed by atoms with Gasteiger partial charge in [0, 0.05) is 0 Å². The molecule has 0 aromatic heterocycles. The van der Waals surface area contributed by atoms with Crippen LogP contribution in [-0.2, 0) is 4.79 Å². The third-order valence-corrected chi connectivity index (χ3v) is 0.469. The first kappa shape index (κ1) is 5.90. The standard InChI is InChI=1S/C5H5NO/c1-3-5(2)6-4-7/h1H2,2H3. The SMILES string of the molecule is C=C=C(C)N=C=O. The van der Waals surface area contributed by atoms with Crippen LogP contribution in [0.3, 0.4) is 0 Å². The first-order valence-electron chi connectivity index (χ1n) is 1.75. The highest BCUT2D eigenvalue weighted by molar-refractivity contribution is 5.36. The maximum Gasteiger partial charge on any atom is 0.240 e. The van der Waals surface area contributed by atoms with Crippen LogP contribution in [-0.4, -0.2) is 6.08 Å². The normalized spacial score (nSPS) is 5.86. The van der Waals surface area contributed by atoms with Gasteiger partial charge >= 0.3 is 0 Å². The van der Waals surface area contributed by atoms with Crippen molar-refractivity contribution in [3.8, 4) is 0 Å². The fourth-order valence-electron chi connectivity index (χ4n) is 0.108. The molecule has 0 saturated carbocycles. The number of rotatable bonds is 1. The first-order chi connectivity index (χ1) is 3.31. The molecular weight excluding hydrogens is 90.1 g/mol. The maximum atomic E-state index is 9.39. The number of hydrogen-bond donors (Lipinski definition) is 0. The first-order valence-corrected chi connectivity index (χ1v) is 1.75. The fourth-order valence-corrected chi connectivity index (χ4v) is 0.108. The van der Waals surface area contributed by atoms with Gasteiger partial charge in [0.2, 0.25) is 6.08 Å². The van der Waals surface area contributed by atoms with Crippen molar-refractivity contribution in [2.75, 3.05) is 0 Å². The minimum Gasteiger partial charge on any atom is -0.211 e. The van der Waals surface area contributed by atoms with E-state index in [4.69, 9.17) is 0 Å².